The van der Waals surface area contributed by atoms with Gasteiger partial charge in [-0.25, -0.2) is 0 Å². The molecule has 1 aromatic carbocycles. The van der Waals surface area contributed by atoms with Crippen LogP contribution in [0.2, 0.25) is 0 Å². The van der Waals surface area contributed by atoms with Crippen molar-refractivity contribution in [3.63, 3.8) is 0 Å². The molecule has 0 heterocycles. The Kier molecular flexibility index (Phi) is 2.96. The van der Waals surface area contributed by atoms with Crippen molar-refractivity contribution in [1.29, 1.82) is 0 Å². The van der Waals surface area contributed by atoms with E-state index in [1.165, 1.54) is 38.5 Å². The summed E-state index contributed by atoms with van der Waals surface area (Å²) in [5, 5.41) is 3.60. The molecule has 2 saturated carbocycles. The number of rotatable bonds is 5. The minimum absolute atomic E-state index is 0.464. The third-order valence-electron chi connectivity index (χ3n) is 4.95. The lowest BCUT2D eigenvalue weighted by molar-refractivity contribution is 0.243. The normalized spacial score (nSPS) is 24.1. The molecular weight excluding hydrogens is 206 g/mol. The van der Waals surface area contributed by atoms with Crippen LogP contribution in [-0.4, -0.2) is 13.1 Å². The molecule has 0 bridgehead atoms. The highest BCUT2D eigenvalue weighted by Crippen LogP contribution is 2.53. The summed E-state index contributed by atoms with van der Waals surface area (Å²) in [6, 6.07) is 11.8. The van der Waals surface area contributed by atoms with Gasteiger partial charge in [0.15, 0.2) is 0 Å². The molecule has 17 heavy (non-hydrogen) atoms. The third kappa shape index (κ3) is 2.01. The summed E-state index contributed by atoms with van der Waals surface area (Å²) in [6.07, 6.45) is 8.50. The Morgan fingerprint density at radius 1 is 1.24 bits per heavy atom. The summed E-state index contributed by atoms with van der Waals surface area (Å²) in [7, 11) is 2.15. The molecule has 92 valence electrons. The Labute approximate surface area is 105 Å². The first kappa shape index (κ1) is 11.3. The van der Waals surface area contributed by atoms with E-state index >= 15 is 0 Å². The first-order valence-electron chi connectivity index (χ1n) is 7.08. The van der Waals surface area contributed by atoms with E-state index in [0.717, 1.165) is 5.92 Å². The summed E-state index contributed by atoms with van der Waals surface area (Å²) in [4.78, 5) is 0. The van der Waals surface area contributed by atoms with Crippen molar-refractivity contribution in [3.05, 3.63) is 35.9 Å². The fraction of sp³-hybridized carbons (Fsp3) is 0.625. The summed E-state index contributed by atoms with van der Waals surface area (Å²) in [5.41, 5.74) is 2.02. The summed E-state index contributed by atoms with van der Waals surface area (Å²) in [6.45, 7) is 0. The largest absolute Gasteiger partial charge is 0.316 e. The second kappa shape index (κ2) is 4.45. The third-order valence-corrected chi connectivity index (χ3v) is 4.95. The fourth-order valence-electron chi connectivity index (χ4n) is 3.42. The molecule has 1 N–H and O–H groups in total. The summed E-state index contributed by atoms with van der Waals surface area (Å²) in [5.74, 6) is 0.994. The quantitative estimate of drug-likeness (QED) is 0.815. The smallest absolute Gasteiger partial charge is 0.0164 e. The van der Waals surface area contributed by atoms with Gasteiger partial charge in [-0.3, -0.25) is 0 Å². The maximum Gasteiger partial charge on any atom is 0.0164 e. The molecule has 1 heteroatoms. The van der Waals surface area contributed by atoms with Crippen molar-refractivity contribution in [3.8, 4) is 0 Å². The lowest BCUT2D eigenvalue weighted by Gasteiger charge is -2.34. The first-order chi connectivity index (χ1) is 8.35. The molecule has 0 aromatic heterocycles. The number of benzene rings is 1. The average molecular weight is 229 g/mol. The maximum atomic E-state index is 3.60. The topological polar surface area (TPSA) is 12.0 Å². The fourth-order valence-corrected chi connectivity index (χ4v) is 3.42. The van der Waals surface area contributed by atoms with Gasteiger partial charge in [0.2, 0.25) is 0 Å². The molecule has 1 atom stereocenters. The zero-order valence-corrected chi connectivity index (χ0v) is 10.8. The van der Waals surface area contributed by atoms with Crippen LogP contribution in [0.1, 0.15) is 44.1 Å². The van der Waals surface area contributed by atoms with Crippen LogP contribution in [0.25, 0.3) is 0 Å². The monoisotopic (exact) mass is 229 g/mol. The van der Waals surface area contributed by atoms with Crippen LogP contribution in [0.15, 0.2) is 30.3 Å². The number of hydrogen-bond donors (Lipinski definition) is 1. The van der Waals surface area contributed by atoms with E-state index < -0.39 is 0 Å². The van der Waals surface area contributed by atoms with Gasteiger partial charge in [-0.1, -0.05) is 49.6 Å². The highest BCUT2D eigenvalue weighted by molar-refractivity contribution is 5.33. The predicted molar refractivity (Wildman–Crippen MR) is 72.2 cm³/mol. The van der Waals surface area contributed by atoms with Crippen molar-refractivity contribution in [2.45, 2.75) is 50.0 Å². The zero-order valence-electron chi connectivity index (χ0n) is 10.8. The molecule has 0 radical (unpaired) electrons. The Morgan fingerprint density at radius 2 is 1.94 bits per heavy atom. The van der Waals surface area contributed by atoms with E-state index in [9.17, 15) is 0 Å². The van der Waals surface area contributed by atoms with Gasteiger partial charge in [0.05, 0.1) is 0 Å². The number of likely N-dealkylation sites (N-methyl/N-ethyl adjacent to an activating group) is 1. The van der Waals surface area contributed by atoms with Gasteiger partial charge in [-0.2, -0.15) is 0 Å². The Morgan fingerprint density at radius 3 is 2.41 bits per heavy atom. The van der Waals surface area contributed by atoms with Gasteiger partial charge in [0.1, 0.15) is 0 Å². The standard InChI is InChI=1S/C16H23N/c1-17-15(12-13-6-5-7-13)16(10-11-16)14-8-3-2-4-9-14/h2-4,8-9,13,15,17H,5-7,10-12H2,1H3. The maximum absolute atomic E-state index is 3.60. The lowest BCUT2D eigenvalue weighted by Crippen LogP contribution is -2.40. The SMILES string of the molecule is CNC(CC1CCC1)C1(c2ccccc2)CC1. The van der Waals surface area contributed by atoms with E-state index in [4.69, 9.17) is 0 Å². The van der Waals surface area contributed by atoms with Crippen LogP contribution in [0.5, 0.6) is 0 Å². The minimum Gasteiger partial charge on any atom is -0.316 e. The van der Waals surface area contributed by atoms with Crippen molar-refractivity contribution >= 4 is 0 Å². The van der Waals surface area contributed by atoms with Gasteiger partial charge in [-0.15, -0.1) is 0 Å². The Balaban J connectivity index is 1.76. The first-order valence-corrected chi connectivity index (χ1v) is 7.08. The van der Waals surface area contributed by atoms with Crippen molar-refractivity contribution in [2.24, 2.45) is 5.92 Å². The van der Waals surface area contributed by atoms with E-state index in [-0.39, 0.29) is 0 Å². The number of hydrogen-bond acceptors (Lipinski definition) is 1. The Hall–Kier alpha value is -0.820. The lowest BCUT2D eigenvalue weighted by atomic mass is 9.75. The molecule has 0 saturated heterocycles. The van der Waals surface area contributed by atoms with Gasteiger partial charge in [0.25, 0.3) is 0 Å². The van der Waals surface area contributed by atoms with Gasteiger partial charge >= 0.3 is 0 Å². The molecule has 0 aliphatic heterocycles. The van der Waals surface area contributed by atoms with Crippen LogP contribution >= 0.6 is 0 Å². The molecule has 1 unspecified atom stereocenters. The molecule has 2 fully saturated rings. The van der Waals surface area contributed by atoms with Crippen LogP contribution in [-0.2, 0) is 5.41 Å². The minimum atomic E-state index is 0.464. The van der Waals surface area contributed by atoms with E-state index in [1.54, 1.807) is 5.56 Å². The molecule has 2 aliphatic carbocycles. The molecule has 0 amide bonds. The van der Waals surface area contributed by atoms with Crippen LogP contribution in [0, 0.1) is 5.92 Å². The average Bonchev–Trinajstić information content (AvgIpc) is 3.11. The second-order valence-corrected chi connectivity index (χ2v) is 5.90. The number of nitrogens with one attached hydrogen (secondary N) is 1. The van der Waals surface area contributed by atoms with E-state index in [1.807, 2.05) is 0 Å². The van der Waals surface area contributed by atoms with Crippen molar-refractivity contribution in [2.75, 3.05) is 7.05 Å². The molecule has 3 rings (SSSR count). The van der Waals surface area contributed by atoms with Crippen LogP contribution in [0.3, 0.4) is 0 Å². The highest BCUT2D eigenvalue weighted by Gasteiger charge is 2.50. The van der Waals surface area contributed by atoms with Crippen molar-refractivity contribution in [1.82, 2.24) is 5.32 Å². The molecular formula is C16H23N. The molecule has 1 aromatic rings. The molecule has 2 aliphatic rings. The molecule has 0 spiro atoms. The molecule has 1 nitrogen and oxygen atoms in total. The summed E-state index contributed by atoms with van der Waals surface area (Å²) < 4.78 is 0. The second-order valence-electron chi connectivity index (χ2n) is 5.90. The van der Waals surface area contributed by atoms with E-state index in [0.29, 0.717) is 11.5 Å². The van der Waals surface area contributed by atoms with Crippen LogP contribution in [0.4, 0.5) is 0 Å². The van der Waals surface area contributed by atoms with Crippen molar-refractivity contribution < 1.29 is 0 Å². The van der Waals surface area contributed by atoms with Gasteiger partial charge < -0.3 is 5.32 Å². The highest BCUT2D eigenvalue weighted by atomic mass is 14.9. The van der Waals surface area contributed by atoms with Crippen LogP contribution < -0.4 is 5.32 Å². The van der Waals surface area contributed by atoms with E-state index in [2.05, 4.69) is 42.7 Å². The zero-order chi connectivity index (χ0) is 11.7. The summed E-state index contributed by atoms with van der Waals surface area (Å²) >= 11 is 0. The van der Waals surface area contributed by atoms with Gasteiger partial charge in [0, 0.05) is 11.5 Å². The van der Waals surface area contributed by atoms with Gasteiger partial charge in [-0.05, 0) is 37.8 Å². The Bertz CT molecular complexity index is 362. The predicted octanol–water partition coefficient (Wildman–Crippen LogP) is 3.50.